The standard InChI is InChI=1S/C12H16F3NO/c1-8-4-5-10(11(17)6-8)9(2)16(3)7-12(13,14)15/h4-6,9,17H,7H2,1-3H3. The van der Waals surface area contributed by atoms with Gasteiger partial charge in [-0.1, -0.05) is 12.1 Å². The summed E-state index contributed by atoms with van der Waals surface area (Å²) in [5.74, 6) is 0.0338. The molecule has 0 amide bonds. The van der Waals surface area contributed by atoms with Gasteiger partial charge in [-0.3, -0.25) is 4.90 Å². The van der Waals surface area contributed by atoms with Gasteiger partial charge in [0.1, 0.15) is 5.75 Å². The van der Waals surface area contributed by atoms with E-state index in [9.17, 15) is 18.3 Å². The summed E-state index contributed by atoms with van der Waals surface area (Å²) in [7, 11) is 1.39. The predicted molar refractivity (Wildman–Crippen MR) is 59.9 cm³/mol. The van der Waals surface area contributed by atoms with Gasteiger partial charge in [0.2, 0.25) is 0 Å². The van der Waals surface area contributed by atoms with E-state index in [4.69, 9.17) is 0 Å². The lowest BCUT2D eigenvalue weighted by Crippen LogP contribution is -2.33. The summed E-state index contributed by atoms with van der Waals surface area (Å²) < 4.78 is 36.7. The highest BCUT2D eigenvalue weighted by atomic mass is 19.4. The maximum Gasteiger partial charge on any atom is 0.401 e. The molecule has 1 unspecified atom stereocenters. The van der Waals surface area contributed by atoms with Gasteiger partial charge in [0.15, 0.2) is 0 Å². The van der Waals surface area contributed by atoms with Crippen LogP contribution in [0.25, 0.3) is 0 Å². The SMILES string of the molecule is Cc1ccc(C(C)N(C)CC(F)(F)F)c(O)c1. The van der Waals surface area contributed by atoms with Crippen molar-refractivity contribution in [2.75, 3.05) is 13.6 Å². The lowest BCUT2D eigenvalue weighted by molar-refractivity contribution is -0.147. The fourth-order valence-corrected chi connectivity index (χ4v) is 1.66. The van der Waals surface area contributed by atoms with Gasteiger partial charge in [0, 0.05) is 11.6 Å². The van der Waals surface area contributed by atoms with Gasteiger partial charge < -0.3 is 5.11 Å². The van der Waals surface area contributed by atoms with E-state index in [1.165, 1.54) is 7.05 Å². The van der Waals surface area contributed by atoms with E-state index in [-0.39, 0.29) is 5.75 Å². The van der Waals surface area contributed by atoms with Crippen molar-refractivity contribution in [1.82, 2.24) is 4.90 Å². The molecule has 0 radical (unpaired) electrons. The molecule has 0 heterocycles. The number of phenols is 1. The highest BCUT2D eigenvalue weighted by Gasteiger charge is 2.31. The largest absolute Gasteiger partial charge is 0.508 e. The average Bonchev–Trinajstić information content (AvgIpc) is 2.14. The van der Waals surface area contributed by atoms with Gasteiger partial charge >= 0.3 is 6.18 Å². The van der Waals surface area contributed by atoms with Crippen molar-refractivity contribution in [1.29, 1.82) is 0 Å². The first-order valence-electron chi connectivity index (χ1n) is 5.27. The monoisotopic (exact) mass is 247 g/mol. The van der Waals surface area contributed by atoms with Crippen LogP contribution in [0, 0.1) is 6.92 Å². The molecule has 0 aromatic heterocycles. The molecule has 96 valence electrons. The van der Waals surface area contributed by atoms with Crippen molar-refractivity contribution in [3.63, 3.8) is 0 Å². The predicted octanol–water partition coefficient (Wildman–Crippen LogP) is 3.26. The molecule has 1 rings (SSSR count). The number of aryl methyl sites for hydroxylation is 1. The minimum Gasteiger partial charge on any atom is -0.508 e. The zero-order valence-corrected chi connectivity index (χ0v) is 10.0. The Hall–Kier alpha value is -1.23. The van der Waals surface area contributed by atoms with E-state index in [1.807, 2.05) is 6.92 Å². The van der Waals surface area contributed by atoms with Crippen LogP contribution < -0.4 is 0 Å². The number of rotatable bonds is 3. The third-order valence-electron chi connectivity index (χ3n) is 2.73. The molecule has 0 spiro atoms. The summed E-state index contributed by atoms with van der Waals surface area (Å²) in [6.07, 6.45) is -4.23. The van der Waals surface area contributed by atoms with E-state index in [1.54, 1.807) is 25.1 Å². The number of nitrogens with zero attached hydrogens (tertiary/aromatic N) is 1. The lowest BCUT2D eigenvalue weighted by atomic mass is 10.0. The maximum atomic E-state index is 12.2. The van der Waals surface area contributed by atoms with Crippen molar-refractivity contribution in [3.05, 3.63) is 29.3 Å². The van der Waals surface area contributed by atoms with E-state index in [0.717, 1.165) is 10.5 Å². The highest BCUT2D eigenvalue weighted by molar-refractivity contribution is 5.37. The number of aromatic hydroxyl groups is 1. The lowest BCUT2D eigenvalue weighted by Gasteiger charge is -2.26. The first-order chi connectivity index (χ1) is 7.70. The number of alkyl halides is 3. The molecule has 1 aromatic rings. The van der Waals surface area contributed by atoms with E-state index in [0.29, 0.717) is 5.56 Å². The Morgan fingerprint density at radius 1 is 1.35 bits per heavy atom. The second-order valence-corrected chi connectivity index (χ2v) is 4.27. The van der Waals surface area contributed by atoms with Gasteiger partial charge in [-0.15, -0.1) is 0 Å². The van der Waals surface area contributed by atoms with Crippen LogP contribution in [0.1, 0.15) is 24.1 Å². The van der Waals surface area contributed by atoms with Gasteiger partial charge in [-0.25, -0.2) is 0 Å². The van der Waals surface area contributed by atoms with Crippen LogP contribution >= 0.6 is 0 Å². The summed E-state index contributed by atoms with van der Waals surface area (Å²) in [5.41, 5.74) is 1.37. The Labute approximate surface area is 98.7 Å². The van der Waals surface area contributed by atoms with Crippen LogP contribution in [0.3, 0.4) is 0 Å². The number of phenolic OH excluding ortho intramolecular Hbond substituents is 1. The first-order valence-corrected chi connectivity index (χ1v) is 5.27. The van der Waals surface area contributed by atoms with Crippen LogP contribution in [0.2, 0.25) is 0 Å². The summed E-state index contributed by atoms with van der Waals surface area (Å²) >= 11 is 0. The highest BCUT2D eigenvalue weighted by Crippen LogP contribution is 2.30. The third-order valence-corrected chi connectivity index (χ3v) is 2.73. The maximum absolute atomic E-state index is 12.2. The Morgan fingerprint density at radius 2 is 1.94 bits per heavy atom. The fraction of sp³-hybridized carbons (Fsp3) is 0.500. The average molecular weight is 247 g/mol. The number of hydrogen-bond acceptors (Lipinski definition) is 2. The smallest absolute Gasteiger partial charge is 0.401 e. The minimum absolute atomic E-state index is 0.0338. The molecule has 2 nitrogen and oxygen atoms in total. The van der Waals surface area contributed by atoms with E-state index in [2.05, 4.69) is 0 Å². The van der Waals surface area contributed by atoms with Crippen molar-refractivity contribution in [2.45, 2.75) is 26.1 Å². The van der Waals surface area contributed by atoms with Crippen LogP contribution in [0.4, 0.5) is 13.2 Å². The zero-order valence-electron chi connectivity index (χ0n) is 10.0. The van der Waals surface area contributed by atoms with Crippen LogP contribution in [0.5, 0.6) is 5.75 Å². The number of halogens is 3. The molecule has 0 bridgehead atoms. The number of hydrogen-bond donors (Lipinski definition) is 1. The van der Waals surface area contributed by atoms with Crippen LogP contribution in [0.15, 0.2) is 18.2 Å². The quantitative estimate of drug-likeness (QED) is 0.886. The van der Waals surface area contributed by atoms with Crippen LogP contribution in [-0.4, -0.2) is 29.8 Å². The van der Waals surface area contributed by atoms with Gasteiger partial charge in [-0.2, -0.15) is 13.2 Å². The van der Waals surface area contributed by atoms with Crippen molar-refractivity contribution < 1.29 is 18.3 Å². The topological polar surface area (TPSA) is 23.5 Å². The molecule has 0 fully saturated rings. The molecule has 5 heteroatoms. The second kappa shape index (κ2) is 4.96. The molecular formula is C12H16F3NO. The van der Waals surface area contributed by atoms with Crippen molar-refractivity contribution in [3.8, 4) is 5.75 Å². The first kappa shape index (κ1) is 13.8. The van der Waals surface area contributed by atoms with Crippen molar-refractivity contribution in [2.24, 2.45) is 0 Å². The molecule has 0 aliphatic carbocycles. The molecule has 1 N–H and O–H groups in total. The molecule has 17 heavy (non-hydrogen) atoms. The van der Waals surface area contributed by atoms with Gasteiger partial charge in [0.25, 0.3) is 0 Å². The third kappa shape index (κ3) is 3.93. The van der Waals surface area contributed by atoms with E-state index >= 15 is 0 Å². The zero-order chi connectivity index (χ0) is 13.2. The van der Waals surface area contributed by atoms with E-state index < -0.39 is 18.8 Å². The molecular weight excluding hydrogens is 231 g/mol. The summed E-state index contributed by atoms with van der Waals surface area (Å²) in [6, 6.07) is 4.49. The Kier molecular flexibility index (Phi) is 4.03. The second-order valence-electron chi connectivity index (χ2n) is 4.27. The van der Waals surface area contributed by atoms with Crippen molar-refractivity contribution >= 4 is 0 Å². The molecule has 0 aliphatic rings. The normalized spacial score (nSPS) is 14.1. The minimum atomic E-state index is -4.23. The summed E-state index contributed by atoms with van der Waals surface area (Å²) in [5, 5.41) is 9.70. The molecule has 1 aromatic carbocycles. The summed E-state index contributed by atoms with van der Waals surface area (Å²) in [4.78, 5) is 1.16. The molecule has 1 atom stereocenters. The van der Waals surface area contributed by atoms with Gasteiger partial charge in [0.05, 0.1) is 6.54 Å². The summed E-state index contributed by atoms with van der Waals surface area (Å²) in [6.45, 7) is 2.45. The molecule has 0 saturated heterocycles. The molecule has 0 saturated carbocycles. The van der Waals surface area contributed by atoms with Gasteiger partial charge in [-0.05, 0) is 32.5 Å². The molecule has 0 aliphatic heterocycles. The Bertz CT molecular complexity index is 390. The Morgan fingerprint density at radius 3 is 2.41 bits per heavy atom. The number of benzene rings is 1. The Balaban J connectivity index is 2.85. The fourth-order valence-electron chi connectivity index (χ4n) is 1.66. The van der Waals surface area contributed by atoms with Crippen LogP contribution in [-0.2, 0) is 0 Å².